The van der Waals surface area contributed by atoms with Crippen molar-refractivity contribution in [2.24, 2.45) is 0 Å². The van der Waals surface area contributed by atoms with Crippen LogP contribution in [0.3, 0.4) is 0 Å². The average molecular weight is 354 g/mol. The molecule has 0 radical (unpaired) electrons. The summed E-state index contributed by atoms with van der Waals surface area (Å²) in [5.74, 6) is 1.54. The zero-order valence-electron chi connectivity index (χ0n) is 14.2. The maximum absolute atomic E-state index is 9.00. The van der Waals surface area contributed by atoms with Gasteiger partial charge in [-0.3, -0.25) is 5.10 Å². The summed E-state index contributed by atoms with van der Waals surface area (Å²) in [7, 11) is 0. The fourth-order valence-electron chi connectivity index (χ4n) is 2.47. The average Bonchev–Trinajstić information content (AvgIpc) is 3.01. The molecule has 5 nitrogen and oxygen atoms in total. The van der Waals surface area contributed by atoms with Crippen molar-refractivity contribution in [1.29, 1.82) is 0 Å². The van der Waals surface area contributed by atoms with Crippen molar-refractivity contribution < 1.29 is 5.11 Å². The molecule has 0 aliphatic rings. The van der Waals surface area contributed by atoms with Crippen molar-refractivity contribution in [3.63, 3.8) is 0 Å². The Morgan fingerprint density at radius 2 is 1.88 bits per heavy atom. The minimum Gasteiger partial charge on any atom is -0.396 e. The lowest BCUT2D eigenvalue weighted by atomic mass is 10.2. The van der Waals surface area contributed by atoms with Crippen LogP contribution in [-0.2, 0) is 6.42 Å². The molecule has 3 N–H and O–H groups in total. The van der Waals surface area contributed by atoms with Gasteiger partial charge in [0.2, 0.25) is 0 Å². The summed E-state index contributed by atoms with van der Waals surface area (Å²) in [6, 6.07) is 16.4. The van der Waals surface area contributed by atoms with Crippen molar-refractivity contribution in [3.8, 4) is 0 Å². The van der Waals surface area contributed by atoms with Crippen molar-refractivity contribution >= 4 is 23.4 Å². The van der Waals surface area contributed by atoms with Crippen LogP contribution in [-0.4, -0.2) is 26.9 Å². The van der Waals surface area contributed by atoms with Crippen LogP contribution in [0.2, 0.25) is 0 Å². The monoisotopic (exact) mass is 354 g/mol. The van der Waals surface area contributed by atoms with Gasteiger partial charge in [0.25, 0.3) is 0 Å². The number of benzene rings is 1. The lowest BCUT2D eigenvalue weighted by Gasteiger charge is -2.09. The van der Waals surface area contributed by atoms with Gasteiger partial charge < -0.3 is 10.4 Å². The van der Waals surface area contributed by atoms with Gasteiger partial charge in [0, 0.05) is 33.9 Å². The molecule has 25 heavy (non-hydrogen) atoms. The molecule has 1 aromatic carbocycles. The molecule has 3 aromatic rings. The van der Waals surface area contributed by atoms with Gasteiger partial charge in [0.1, 0.15) is 5.82 Å². The first-order valence-corrected chi connectivity index (χ1v) is 9.18. The molecule has 2 heterocycles. The normalized spacial score (nSPS) is 10.8. The first kappa shape index (κ1) is 17.5. The molecule has 2 aromatic heterocycles. The van der Waals surface area contributed by atoms with E-state index < -0.39 is 0 Å². The molecule has 0 atom stereocenters. The Morgan fingerprint density at radius 1 is 1.04 bits per heavy atom. The lowest BCUT2D eigenvalue weighted by molar-refractivity contribution is 0.284. The third-order valence-corrected chi connectivity index (χ3v) is 4.61. The van der Waals surface area contributed by atoms with Gasteiger partial charge in [-0.25, -0.2) is 4.98 Å². The molecule has 0 aliphatic heterocycles. The molecule has 0 saturated heterocycles. The number of nitrogens with zero attached hydrogens (tertiary/aromatic N) is 2. The summed E-state index contributed by atoms with van der Waals surface area (Å²) >= 11 is 1.71. The number of anilines is 2. The predicted molar refractivity (Wildman–Crippen MR) is 101 cm³/mol. The van der Waals surface area contributed by atoms with Crippen LogP contribution in [0.1, 0.15) is 24.2 Å². The number of aliphatic hydroxyl groups excluding tert-OH is 1. The molecule has 0 unspecified atom stereocenters. The summed E-state index contributed by atoms with van der Waals surface area (Å²) in [5.41, 5.74) is 2.02. The number of nitrogens with one attached hydrogen (secondary N) is 2. The number of H-pyrrole nitrogens is 1. The molecule has 0 bridgehead atoms. The van der Waals surface area contributed by atoms with Crippen LogP contribution in [0.5, 0.6) is 0 Å². The Kier molecular flexibility index (Phi) is 6.09. The quantitative estimate of drug-likeness (QED) is 0.525. The van der Waals surface area contributed by atoms with Gasteiger partial charge in [-0.2, -0.15) is 5.10 Å². The van der Waals surface area contributed by atoms with E-state index in [1.807, 2.05) is 37.3 Å². The fourth-order valence-corrected chi connectivity index (χ4v) is 3.40. The Morgan fingerprint density at radius 3 is 2.60 bits per heavy atom. The van der Waals surface area contributed by atoms with Gasteiger partial charge in [-0.15, -0.1) is 0 Å². The van der Waals surface area contributed by atoms with Crippen LogP contribution in [0.25, 0.3) is 0 Å². The number of hydrogen-bond donors (Lipinski definition) is 3. The van der Waals surface area contributed by atoms with Crippen molar-refractivity contribution in [1.82, 2.24) is 15.2 Å². The first-order valence-electron chi connectivity index (χ1n) is 8.37. The Hall–Kier alpha value is -2.31. The molecule has 0 fully saturated rings. The topological polar surface area (TPSA) is 73.8 Å². The van der Waals surface area contributed by atoms with Crippen LogP contribution in [0.4, 0.5) is 11.6 Å². The van der Waals surface area contributed by atoms with Gasteiger partial charge in [0.15, 0.2) is 5.82 Å². The number of aromatic amines is 1. The number of pyridine rings is 1. The van der Waals surface area contributed by atoms with E-state index in [2.05, 4.69) is 33.7 Å². The highest BCUT2D eigenvalue weighted by Crippen LogP contribution is 2.30. The van der Waals surface area contributed by atoms with Crippen LogP contribution in [0, 0.1) is 6.92 Å². The second-order valence-electron chi connectivity index (χ2n) is 5.84. The van der Waals surface area contributed by atoms with Crippen LogP contribution >= 0.6 is 11.8 Å². The summed E-state index contributed by atoms with van der Waals surface area (Å²) in [4.78, 5) is 7.02. The first-order chi connectivity index (χ1) is 12.2. The second-order valence-corrected chi connectivity index (χ2v) is 6.98. The second kappa shape index (κ2) is 8.69. The van der Waals surface area contributed by atoms with Crippen molar-refractivity contribution in [2.75, 3.05) is 11.9 Å². The summed E-state index contributed by atoms with van der Waals surface area (Å²) < 4.78 is 0. The van der Waals surface area contributed by atoms with E-state index in [4.69, 9.17) is 10.1 Å². The highest BCUT2D eigenvalue weighted by molar-refractivity contribution is 7.99. The third kappa shape index (κ3) is 5.34. The lowest BCUT2D eigenvalue weighted by Crippen LogP contribution is -1.99. The van der Waals surface area contributed by atoms with Crippen molar-refractivity contribution in [2.45, 2.75) is 36.0 Å². The molecule has 0 saturated carbocycles. The number of rotatable bonds is 8. The van der Waals surface area contributed by atoms with E-state index in [1.165, 1.54) is 4.90 Å². The maximum atomic E-state index is 9.00. The maximum Gasteiger partial charge on any atom is 0.153 e. The summed E-state index contributed by atoms with van der Waals surface area (Å²) in [5, 5.41) is 19.4. The molecule has 0 amide bonds. The molecule has 0 aliphatic carbocycles. The standard InChI is InChI=1S/C19H22N4OS/c1-14-11-19(23-22-14)21-18-13-17(25-16-8-3-2-4-9-16)12-15(20-18)7-5-6-10-24/h2-4,8-9,11-13,24H,5-7,10H2,1H3,(H2,20,21,22,23). The van der Waals surface area contributed by atoms with Gasteiger partial charge in [0.05, 0.1) is 0 Å². The fraction of sp³-hybridized carbons (Fsp3) is 0.263. The largest absolute Gasteiger partial charge is 0.396 e. The highest BCUT2D eigenvalue weighted by atomic mass is 32.2. The van der Waals surface area contributed by atoms with E-state index in [9.17, 15) is 0 Å². The van der Waals surface area contributed by atoms with E-state index in [0.717, 1.165) is 47.2 Å². The number of aromatic nitrogens is 3. The van der Waals surface area contributed by atoms with E-state index in [1.54, 1.807) is 11.8 Å². The number of hydrogen-bond acceptors (Lipinski definition) is 5. The summed E-state index contributed by atoms with van der Waals surface area (Å²) in [6.45, 7) is 2.18. The molecule has 3 rings (SSSR count). The molecule has 6 heteroatoms. The molecular formula is C19H22N4OS. The predicted octanol–water partition coefficient (Wildman–Crippen LogP) is 4.32. The zero-order valence-corrected chi connectivity index (χ0v) is 15.0. The Labute approximate surface area is 151 Å². The number of aryl methyl sites for hydroxylation is 2. The van der Waals surface area contributed by atoms with Crippen LogP contribution < -0.4 is 5.32 Å². The number of unbranched alkanes of at least 4 members (excludes halogenated alkanes) is 1. The van der Waals surface area contributed by atoms with Crippen molar-refractivity contribution in [3.05, 3.63) is 59.9 Å². The van der Waals surface area contributed by atoms with E-state index in [0.29, 0.717) is 0 Å². The van der Waals surface area contributed by atoms with Crippen LogP contribution in [0.15, 0.2) is 58.3 Å². The molecular weight excluding hydrogens is 332 g/mol. The smallest absolute Gasteiger partial charge is 0.153 e. The van der Waals surface area contributed by atoms with E-state index >= 15 is 0 Å². The Bertz CT molecular complexity index is 804. The minimum atomic E-state index is 0.218. The zero-order chi connectivity index (χ0) is 17.5. The Balaban J connectivity index is 1.82. The third-order valence-electron chi connectivity index (χ3n) is 3.63. The number of aliphatic hydroxyl groups is 1. The summed E-state index contributed by atoms with van der Waals surface area (Å²) in [6.07, 6.45) is 2.56. The SMILES string of the molecule is Cc1cc(Nc2cc(Sc3ccccc3)cc(CCCCO)n2)n[nH]1. The van der Waals surface area contributed by atoms with Gasteiger partial charge in [-0.05, 0) is 50.5 Å². The molecule has 130 valence electrons. The van der Waals surface area contributed by atoms with Gasteiger partial charge >= 0.3 is 0 Å². The highest BCUT2D eigenvalue weighted by Gasteiger charge is 2.07. The van der Waals surface area contributed by atoms with E-state index in [-0.39, 0.29) is 6.61 Å². The van der Waals surface area contributed by atoms with Gasteiger partial charge in [-0.1, -0.05) is 30.0 Å². The minimum absolute atomic E-state index is 0.218. The molecule has 0 spiro atoms.